The molecule has 2 amide bonds. The molecule has 0 atom stereocenters. The monoisotopic (exact) mass is 428 g/mol. The first-order chi connectivity index (χ1) is 14.3. The molecule has 0 aliphatic heterocycles. The van der Waals surface area contributed by atoms with Crippen LogP contribution in [0, 0.1) is 10.1 Å². The molecule has 1 aromatic heterocycles. The summed E-state index contributed by atoms with van der Waals surface area (Å²) in [6.07, 6.45) is 1.35. The Labute approximate surface area is 176 Å². The molecule has 10 nitrogen and oxygen atoms in total. The average molecular weight is 429 g/mol. The first-order valence-electron chi connectivity index (χ1n) is 8.76. The van der Waals surface area contributed by atoms with Gasteiger partial charge in [-0.3, -0.25) is 19.7 Å². The summed E-state index contributed by atoms with van der Waals surface area (Å²) in [6, 6.07) is 12.7. The zero-order chi connectivity index (χ0) is 21.7. The second-order valence-electron chi connectivity index (χ2n) is 6.35. The third-order valence-electron chi connectivity index (χ3n) is 4.10. The summed E-state index contributed by atoms with van der Waals surface area (Å²) in [4.78, 5) is 40.3. The number of likely N-dealkylation sites (N-methyl/N-ethyl adjacent to an activating group) is 1. The van der Waals surface area contributed by atoms with Crippen molar-refractivity contribution in [3.8, 4) is 11.4 Å². The molecule has 0 aliphatic carbocycles. The van der Waals surface area contributed by atoms with Crippen molar-refractivity contribution in [2.75, 3.05) is 18.9 Å². The maximum absolute atomic E-state index is 12.4. The van der Waals surface area contributed by atoms with E-state index in [1.807, 2.05) is 0 Å². The molecule has 11 heteroatoms. The Morgan fingerprint density at radius 1 is 1.23 bits per heavy atom. The lowest BCUT2D eigenvalue weighted by atomic mass is 10.2. The molecule has 1 N–H and O–H groups in total. The number of anilines is 1. The van der Waals surface area contributed by atoms with Crippen LogP contribution in [0.1, 0.15) is 0 Å². The number of rotatable bonds is 7. The van der Waals surface area contributed by atoms with Crippen molar-refractivity contribution >= 4 is 34.8 Å². The third kappa shape index (κ3) is 5.17. The molecule has 3 rings (SSSR count). The Kier molecular flexibility index (Phi) is 6.38. The number of nitro benzene ring substituents is 1. The van der Waals surface area contributed by atoms with Gasteiger partial charge in [0.05, 0.1) is 22.2 Å². The Bertz CT molecular complexity index is 1100. The normalized spacial score (nSPS) is 10.5. The van der Waals surface area contributed by atoms with Crippen LogP contribution in [0.15, 0.2) is 54.9 Å². The van der Waals surface area contributed by atoms with Gasteiger partial charge in [0, 0.05) is 24.7 Å². The van der Waals surface area contributed by atoms with Crippen LogP contribution < -0.4 is 5.32 Å². The molecule has 3 aromatic rings. The molecule has 2 aromatic carbocycles. The molecule has 30 heavy (non-hydrogen) atoms. The minimum atomic E-state index is -0.507. The van der Waals surface area contributed by atoms with Crippen molar-refractivity contribution < 1.29 is 14.5 Å². The topological polar surface area (TPSA) is 123 Å². The summed E-state index contributed by atoms with van der Waals surface area (Å²) < 4.78 is 1.30. The predicted molar refractivity (Wildman–Crippen MR) is 110 cm³/mol. The number of para-hydroxylation sites is 1. The highest BCUT2D eigenvalue weighted by molar-refractivity contribution is 6.33. The van der Waals surface area contributed by atoms with E-state index in [1.54, 1.807) is 30.3 Å². The number of non-ortho nitro benzene ring substituents is 1. The molecule has 0 bridgehead atoms. The quantitative estimate of drug-likeness (QED) is 0.455. The third-order valence-corrected chi connectivity index (χ3v) is 4.43. The van der Waals surface area contributed by atoms with Gasteiger partial charge in [0.1, 0.15) is 12.9 Å². The number of nitro groups is 1. The lowest BCUT2D eigenvalue weighted by Crippen LogP contribution is -2.37. The van der Waals surface area contributed by atoms with Gasteiger partial charge >= 0.3 is 0 Å². The SMILES string of the molecule is CN(CC(=O)Nc1ccccc1Cl)C(=O)Cn1cnc(-c2cccc([N+](=O)[O-])c2)n1. The van der Waals surface area contributed by atoms with Crippen LogP contribution in [0.3, 0.4) is 0 Å². The first-order valence-corrected chi connectivity index (χ1v) is 9.14. The molecular weight excluding hydrogens is 412 g/mol. The largest absolute Gasteiger partial charge is 0.335 e. The molecule has 0 saturated carbocycles. The van der Waals surface area contributed by atoms with Crippen molar-refractivity contribution in [1.82, 2.24) is 19.7 Å². The van der Waals surface area contributed by atoms with Gasteiger partial charge < -0.3 is 10.2 Å². The molecule has 0 radical (unpaired) electrons. The van der Waals surface area contributed by atoms with Gasteiger partial charge in [0.15, 0.2) is 5.82 Å². The van der Waals surface area contributed by atoms with E-state index in [0.717, 1.165) is 0 Å². The van der Waals surface area contributed by atoms with Gasteiger partial charge in [-0.2, -0.15) is 5.10 Å². The average Bonchev–Trinajstić information content (AvgIpc) is 3.18. The van der Waals surface area contributed by atoms with Crippen LogP contribution in [0.25, 0.3) is 11.4 Å². The number of nitrogens with zero attached hydrogens (tertiary/aromatic N) is 5. The van der Waals surface area contributed by atoms with Gasteiger partial charge in [-0.15, -0.1) is 0 Å². The van der Waals surface area contributed by atoms with Gasteiger partial charge in [0.25, 0.3) is 5.69 Å². The minimum absolute atomic E-state index is 0.0795. The number of carbonyl (C=O) groups is 2. The summed E-state index contributed by atoms with van der Waals surface area (Å²) in [6.45, 7) is -0.311. The van der Waals surface area contributed by atoms with Crippen molar-refractivity contribution in [3.05, 3.63) is 70.0 Å². The van der Waals surface area contributed by atoms with E-state index in [0.29, 0.717) is 16.3 Å². The zero-order valence-corrected chi connectivity index (χ0v) is 16.6. The van der Waals surface area contributed by atoms with E-state index in [-0.39, 0.29) is 30.5 Å². The van der Waals surface area contributed by atoms with E-state index in [9.17, 15) is 19.7 Å². The highest BCUT2D eigenvalue weighted by Crippen LogP contribution is 2.21. The molecular formula is C19H17ClN6O4. The van der Waals surface area contributed by atoms with E-state index >= 15 is 0 Å². The number of aromatic nitrogens is 3. The maximum atomic E-state index is 12.4. The zero-order valence-electron chi connectivity index (χ0n) is 15.9. The second-order valence-corrected chi connectivity index (χ2v) is 6.76. The second kappa shape index (κ2) is 9.14. The van der Waals surface area contributed by atoms with E-state index in [4.69, 9.17) is 11.6 Å². The summed E-state index contributed by atoms with van der Waals surface area (Å²) in [5.41, 5.74) is 0.843. The number of hydrogen-bond donors (Lipinski definition) is 1. The van der Waals surface area contributed by atoms with E-state index in [1.165, 1.54) is 41.2 Å². The number of amides is 2. The minimum Gasteiger partial charge on any atom is -0.335 e. The maximum Gasteiger partial charge on any atom is 0.270 e. The Morgan fingerprint density at radius 2 is 2.00 bits per heavy atom. The van der Waals surface area contributed by atoms with Crippen molar-refractivity contribution in [1.29, 1.82) is 0 Å². The highest BCUT2D eigenvalue weighted by atomic mass is 35.5. The van der Waals surface area contributed by atoms with Crippen LogP contribution in [0.2, 0.25) is 5.02 Å². The number of hydrogen-bond acceptors (Lipinski definition) is 6. The van der Waals surface area contributed by atoms with Crippen molar-refractivity contribution in [2.45, 2.75) is 6.54 Å². The molecule has 1 heterocycles. The fourth-order valence-electron chi connectivity index (χ4n) is 2.58. The van der Waals surface area contributed by atoms with Gasteiger partial charge in [0.2, 0.25) is 11.8 Å². The number of carbonyl (C=O) groups excluding carboxylic acids is 2. The summed E-state index contributed by atoms with van der Waals surface area (Å²) in [5, 5.41) is 18.1. The summed E-state index contributed by atoms with van der Waals surface area (Å²) >= 11 is 6.00. The van der Waals surface area contributed by atoms with Crippen LogP contribution >= 0.6 is 11.6 Å². The Hall–Kier alpha value is -3.79. The van der Waals surface area contributed by atoms with Gasteiger partial charge in [-0.05, 0) is 12.1 Å². The lowest BCUT2D eigenvalue weighted by molar-refractivity contribution is -0.384. The van der Waals surface area contributed by atoms with Crippen LogP contribution in [0.4, 0.5) is 11.4 Å². The number of benzene rings is 2. The Balaban J connectivity index is 1.59. The predicted octanol–water partition coefficient (Wildman–Crippen LogP) is 2.60. The molecule has 0 spiro atoms. The fourth-order valence-corrected chi connectivity index (χ4v) is 2.76. The van der Waals surface area contributed by atoms with Gasteiger partial charge in [-0.1, -0.05) is 35.9 Å². The first kappa shape index (κ1) is 20.9. The van der Waals surface area contributed by atoms with Crippen molar-refractivity contribution in [3.63, 3.8) is 0 Å². The van der Waals surface area contributed by atoms with Gasteiger partial charge in [-0.25, -0.2) is 9.67 Å². The van der Waals surface area contributed by atoms with Crippen LogP contribution in [0.5, 0.6) is 0 Å². The van der Waals surface area contributed by atoms with Crippen LogP contribution in [-0.4, -0.2) is 50.0 Å². The van der Waals surface area contributed by atoms with Crippen molar-refractivity contribution in [2.24, 2.45) is 0 Å². The molecule has 0 fully saturated rings. The highest BCUT2D eigenvalue weighted by Gasteiger charge is 2.16. The molecule has 0 aliphatic rings. The smallest absolute Gasteiger partial charge is 0.270 e. The summed E-state index contributed by atoms with van der Waals surface area (Å²) in [5.74, 6) is -0.500. The van der Waals surface area contributed by atoms with E-state index < -0.39 is 10.8 Å². The van der Waals surface area contributed by atoms with E-state index in [2.05, 4.69) is 15.4 Å². The molecule has 0 unspecified atom stereocenters. The summed E-state index contributed by atoms with van der Waals surface area (Å²) in [7, 11) is 1.49. The number of halogens is 1. The lowest BCUT2D eigenvalue weighted by Gasteiger charge is -2.17. The molecule has 154 valence electrons. The Morgan fingerprint density at radius 3 is 2.73 bits per heavy atom. The van der Waals surface area contributed by atoms with Crippen LogP contribution in [-0.2, 0) is 16.1 Å². The number of nitrogens with one attached hydrogen (secondary N) is 1. The molecule has 0 saturated heterocycles. The fraction of sp³-hybridized carbons (Fsp3) is 0.158. The standard InChI is InChI=1S/C19H17ClN6O4/c1-24(10-17(27)22-16-8-3-2-7-15(16)20)18(28)11-25-12-21-19(23-25)13-5-4-6-14(9-13)26(29)30/h2-9,12H,10-11H2,1H3,(H,22,27).